The first-order chi connectivity index (χ1) is 10.6. The molecule has 0 spiro atoms. The van der Waals surface area contributed by atoms with Gasteiger partial charge in [0, 0.05) is 19.0 Å². The zero-order valence-electron chi connectivity index (χ0n) is 12.5. The van der Waals surface area contributed by atoms with Crippen molar-refractivity contribution in [3.63, 3.8) is 0 Å². The van der Waals surface area contributed by atoms with Crippen LogP contribution in [0.1, 0.15) is 36.8 Å². The molecule has 116 valence electrons. The van der Waals surface area contributed by atoms with Crippen LogP contribution in [0.15, 0.2) is 18.2 Å². The molecule has 5 nitrogen and oxygen atoms in total. The summed E-state index contributed by atoms with van der Waals surface area (Å²) in [7, 11) is 0. The minimum Gasteiger partial charge on any atom is -0.508 e. The molecule has 2 heterocycles. The maximum Gasteiger partial charge on any atom is 0.246 e. The number of phenolic OH excluding ortho intramolecular Hbond substituents is 1. The minimum atomic E-state index is -0.362. The summed E-state index contributed by atoms with van der Waals surface area (Å²) in [5, 5.41) is 9.61. The van der Waals surface area contributed by atoms with Crippen LogP contribution in [0.4, 0.5) is 0 Å². The Morgan fingerprint density at radius 2 is 1.77 bits per heavy atom. The van der Waals surface area contributed by atoms with Gasteiger partial charge in [-0.3, -0.25) is 9.59 Å². The lowest BCUT2D eigenvalue weighted by Crippen LogP contribution is -2.63. The van der Waals surface area contributed by atoms with Gasteiger partial charge in [-0.1, -0.05) is 18.9 Å². The Morgan fingerprint density at radius 1 is 1.00 bits per heavy atom. The van der Waals surface area contributed by atoms with Crippen LogP contribution < -0.4 is 0 Å². The second kappa shape index (κ2) is 5.00. The van der Waals surface area contributed by atoms with Gasteiger partial charge >= 0.3 is 0 Å². The molecule has 2 aliphatic heterocycles. The van der Waals surface area contributed by atoms with Crippen molar-refractivity contribution in [1.82, 2.24) is 9.80 Å². The van der Waals surface area contributed by atoms with E-state index in [9.17, 15) is 14.7 Å². The number of hydrogen-bond acceptors (Lipinski definition) is 3. The van der Waals surface area contributed by atoms with Gasteiger partial charge in [-0.15, -0.1) is 0 Å². The molecule has 1 aliphatic carbocycles. The van der Waals surface area contributed by atoms with Crippen LogP contribution in [0.25, 0.3) is 0 Å². The summed E-state index contributed by atoms with van der Waals surface area (Å²) >= 11 is 0. The Hall–Kier alpha value is -2.04. The lowest BCUT2D eigenvalue weighted by atomic mass is 9.91. The minimum absolute atomic E-state index is 0.0329. The van der Waals surface area contributed by atoms with Gasteiger partial charge in [0.2, 0.25) is 11.8 Å². The molecule has 1 aromatic rings. The lowest BCUT2D eigenvalue weighted by molar-refractivity contribution is -0.159. The third-order valence-corrected chi connectivity index (χ3v) is 5.28. The summed E-state index contributed by atoms with van der Waals surface area (Å²) in [5.74, 6) is 0.344. The molecule has 4 rings (SSSR count). The van der Waals surface area contributed by atoms with Gasteiger partial charge in [0.1, 0.15) is 18.3 Å². The average Bonchev–Trinajstić information content (AvgIpc) is 3.03. The highest BCUT2D eigenvalue weighted by Gasteiger charge is 2.44. The second-order valence-corrected chi connectivity index (χ2v) is 6.60. The van der Waals surface area contributed by atoms with E-state index in [1.807, 2.05) is 11.0 Å². The maximum atomic E-state index is 12.9. The first kappa shape index (κ1) is 13.6. The Kier molecular flexibility index (Phi) is 3.10. The van der Waals surface area contributed by atoms with Crippen LogP contribution in [0.5, 0.6) is 5.75 Å². The van der Waals surface area contributed by atoms with E-state index in [2.05, 4.69) is 0 Å². The average molecular weight is 300 g/mol. The fourth-order valence-corrected chi connectivity index (χ4v) is 4.08. The molecule has 0 aromatic heterocycles. The Balaban J connectivity index is 1.64. The van der Waals surface area contributed by atoms with E-state index in [0.29, 0.717) is 13.0 Å². The predicted octanol–water partition coefficient (Wildman–Crippen LogP) is 1.43. The Labute approximate surface area is 129 Å². The number of carbonyl (C=O) groups is 2. The number of piperazine rings is 1. The van der Waals surface area contributed by atoms with Crippen molar-refractivity contribution in [2.75, 3.05) is 6.54 Å². The largest absolute Gasteiger partial charge is 0.508 e. The summed E-state index contributed by atoms with van der Waals surface area (Å²) in [6, 6.07) is 5.11. The van der Waals surface area contributed by atoms with Gasteiger partial charge in [-0.2, -0.15) is 0 Å². The van der Waals surface area contributed by atoms with Crippen LogP contribution >= 0.6 is 0 Å². The third kappa shape index (κ3) is 2.07. The highest BCUT2D eigenvalue weighted by Crippen LogP contribution is 2.32. The molecule has 1 N–H and O–H groups in total. The first-order valence-electron chi connectivity index (χ1n) is 8.04. The van der Waals surface area contributed by atoms with E-state index in [4.69, 9.17) is 0 Å². The van der Waals surface area contributed by atoms with Crippen molar-refractivity contribution in [2.24, 2.45) is 0 Å². The number of aromatic hydroxyl groups is 1. The smallest absolute Gasteiger partial charge is 0.246 e. The normalized spacial score (nSPS) is 25.4. The molecule has 3 aliphatic rings. The van der Waals surface area contributed by atoms with Gasteiger partial charge in [-0.25, -0.2) is 0 Å². The van der Waals surface area contributed by atoms with Crippen molar-refractivity contribution in [2.45, 2.75) is 50.7 Å². The predicted molar refractivity (Wildman–Crippen MR) is 80.1 cm³/mol. The number of nitrogens with zero attached hydrogens (tertiary/aromatic N) is 2. The molecular formula is C17H20N2O3. The Morgan fingerprint density at radius 3 is 2.55 bits per heavy atom. The zero-order valence-corrected chi connectivity index (χ0v) is 12.5. The molecule has 1 saturated carbocycles. The molecular weight excluding hydrogens is 280 g/mol. The molecule has 0 unspecified atom stereocenters. The quantitative estimate of drug-likeness (QED) is 0.853. The summed E-state index contributed by atoms with van der Waals surface area (Å²) < 4.78 is 0. The lowest BCUT2D eigenvalue weighted by Gasteiger charge is -2.45. The van der Waals surface area contributed by atoms with E-state index in [1.165, 1.54) is 0 Å². The van der Waals surface area contributed by atoms with Crippen LogP contribution in [0, 0.1) is 0 Å². The highest BCUT2D eigenvalue weighted by atomic mass is 16.3. The van der Waals surface area contributed by atoms with E-state index < -0.39 is 0 Å². The molecule has 1 atom stereocenters. The van der Waals surface area contributed by atoms with Gasteiger partial charge < -0.3 is 14.9 Å². The van der Waals surface area contributed by atoms with E-state index >= 15 is 0 Å². The fourth-order valence-electron chi connectivity index (χ4n) is 4.08. The molecule has 0 radical (unpaired) electrons. The van der Waals surface area contributed by atoms with Crippen molar-refractivity contribution in [1.29, 1.82) is 0 Å². The summed E-state index contributed by atoms with van der Waals surface area (Å²) in [6.07, 6.45) is 4.91. The zero-order chi connectivity index (χ0) is 15.3. The molecule has 22 heavy (non-hydrogen) atoms. The first-order valence-corrected chi connectivity index (χ1v) is 8.04. The Bertz CT molecular complexity index is 637. The topological polar surface area (TPSA) is 60.9 Å². The molecule has 0 bridgehead atoms. The van der Waals surface area contributed by atoms with Crippen LogP contribution in [-0.4, -0.2) is 45.3 Å². The number of amides is 2. The van der Waals surface area contributed by atoms with Crippen LogP contribution in [-0.2, 0) is 22.6 Å². The van der Waals surface area contributed by atoms with E-state index in [1.54, 1.807) is 17.0 Å². The van der Waals surface area contributed by atoms with Gasteiger partial charge in [-0.05, 0) is 36.1 Å². The number of phenols is 1. The fraction of sp³-hybridized carbons (Fsp3) is 0.529. The summed E-state index contributed by atoms with van der Waals surface area (Å²) in [6.45, 7) is 0.644. The molecule has 1 saturated heterocycles. The standard InChI is InChI=1S/C17H20N2O3/c20-14-6-5-11-8-15-17(22)18(13-3-1-2-4-13)10-16(21)19(15)9-12(11)7-14/h5-7,13,15,20H,1-4,8-10H2/t15-/m1/s1. The molecule has 5 heteroatoms. The molecule has 1 aromatic carbocycles. The third-order valence-electron chi connectivity index (χ3n) is 5.28. The van der Waals surface area contributed by atoms with Gasteiger partial charge in [0.05, 0.1) is 0 Å². The molecule has 2 amide bonds. The van der Waals surface area contributed by atoms with Crippen LogP contribution in [0.2, 0.25) is 0 Å². The van der Waals surface area contributed by atoms with Crippen LogP contribution in [0.3, 0.4) is 0 Å². The van der Waals surface area contributed by atoms with Gasteiger partial charge in [0.25, 0.3) is 0 Å². The maximum absolute atomic E-state index is 12.9. The second-order valence-electron chi connectivity index (χ2n) is 6.60. The van der Waals surface area contributed by atoms with Crippen molar-refractivity contribution in [3.8, 4) is 5.75 Å². The number of rotatable bonds is 1. The summed E-state index contributed by atoms with van der Waals surface area (Å²) in [5.41, 5.74) is 2.01. The van der Waals surface area contributed by atoms with Crippen molar-refractivity contribution < 1.29 is 14.7 Å². The van der Waals surface area contributed by atoms with Crippen molar-refractivity contribution in [3.05, 3.63) is 29.3 Å². The number of fused-ring (bicyclic) bond motifs is 2. The van der Waals surface area contributed by atoms with E-state index in [0.717, 1.165) is 36.8 Å². The monoisotopic (exact) mass is 300 g/mol. The summed E-state index contributed by atoms with van der Waals surface area (Å²) in [4.78, 5) is 28.9. The number of hydrogen-bond donors (Lipinski definition) is 1. The number of benzene rings is 1. The van der Waals surface area contributed by atoms with E-state index in [-0.39, 0.29) is 36.2 Å². The van der Waals surface area contributed by atoms with Gasteiger partial charge in [0.15, 0.2) is 0 Å². The highest BCUT2D eigenvalue weighted by molar-refractivity contribution is 5.95. The van der Waals surface area contributed by atoms with Crippen molar-refractivity contribution >= 4 is 11.8 Å². The number of carbonyl (C=O) groups excluding carboxylic acids is 2. The SMILES string of the molecule is O=C1[C@H]2Cc3ccc(O)cc3CN2C(=O)CN1C1CCCC1. The molecule has 2 fully saturated rings.